The Labute approximate surface area is 90.0 Å². The van der Waals surface area contributed by atoms with Crippen LogP contribution in [0.25, 0.3) is 0 Å². The molecule has 0 fully saturated rings. The zero-order chi connectivity index (χ0) is 11.7. The molecule has 0 aliphatic rings. The van der Waals surface area contributed by atoms with Crippen molar-refractivity contribution in [2.24, 2.45) is 5.10 Å². The van der Waals surface area contributed by atoms with E-state index in [2.05, 4.69) is 11.7 Å². The maximum Gasteiger partial charge on any atom is 0.309 e. The average Bonchev–Trinajstić information content (AvgIpc) is 2.16. The van der Waals surface area contributed by atoms with Gasteiger partial charge in [0.05, 0.1) is 13.2 Å². The summed E-state index contributed by atoms with van der Waals surface area (Å²) in [7, 11) is 0. The van der Waals surface area contributed by atoms with Gasteiger partial charge in [-0.3, -0.25) is 5.59 Å². The Bertz CT molecular complexity index is 259. The zero-order valence-corrected chi connectivity index (χ0v) is 9.45. The van der Waals surface area contributed by atoms with Gasteiger partial charge in [-0.1, -0.05) is 12.2 Å². The van der Waals surface area contributed by atoms with E-state index in [0.29, 0.717) is 24.6 Å². The number of nitrogens with zero attached hydrogens (tertiary/aromatic N) is 1. The highest BCUT2D eigenvalue weighted by Crippen LogP contribution is 2.06. The van der Waals surface area contributed by atoms with Crippen molar-refractivity contribution in [2.45, 2.75) is 20.8 Å². The summed E-state index contributed by atoms with van der Waals surface area (Å²) in [6.45, 7) is 10.1. The molecule has 0 aromatic rings. The largest absolute Gasteiger partial charge is 0.608 e. The summed E-state index contributed by atoms with van der Waals surface area (Å²) < 4.78 is 10.5. The minimum atomic E-state index is 0.192. The Balaban J connectivity index is 4.83. The Morgan fingerprint density at radius 1 is 1.40 bits per heavy atom. The first-order valence-electron chi connectivity index (χ1n) is 4.80. The van der Waals surface area contributed by atoms with E-state index in [1.165, 1.54) is 0 Å². The minimum Gasteiger partial charge on any atom is -0.608 e. The number of nitrogens with two attached hydrogens (primary N) is 1. The highest BCUT2D eigenvalue weighted by Gasteiger charge is 2.10. The van der Waals surface area contributed by atoms with Crippen molar-refractivity contribution in [3.63, 3.8) is 0 Å². The summed E-state index contributed by atoms with van der Waals surface area (Å²) >= 11 is 0. The van der Waals surface area contributed by atoms with Crippen LogP contribution < -0.4 is 5.59 Å². The molecule has 0 amide bonds. The highest BCUT2D eigenvalue weighted by atomic mass is 16.5. The predicted octanol–water partition coefficient (Wildman–Crippen LogP) is 0.894. The van der Waals surface area contributed by atoms with Gasteiger partial charge >= 0.3 is 5.90 Å². The van der Waals surface area contributed by atoms with Crippen LogP contribution in [0, 0.1) is 5.21 Å². The quantitative estimate of drug-likeness (QED) is 0.178. The molecule has 0 aromatic heterocycles. The average molecular weight is 214 g/mol. The van der Waals surface area contributed by atoms with Crippen molar-refractivity contribution in [3.8, 4) is 0 Å². The third kappa shape index (κ3) is 5.87. The molecular weight excluding hydrogens is 196 g/mol. The van der Waals surface area contributed by atoms with E-state index in [1.807, 2.05) is 20.8 Å². The van der Waals surface area contributed by atoms with Crippen molar-refractivity contribution in [3.05, 3.63) is 29.2 Å². The molecule has 0 aliphatic heterocycles. The van der Waals surface area contributed by atoms with Crippen LogP contribution in [0.5, 0.6) is 0 Å². The molecule has 0 aromatic carbocycles. The predicted molar refractivity (Wildman–Crippen MR) is 58.9 cm³/mol. The lowest BCUT2D eigenvalue weighted by molar-refractivity contribution is -0.595. The molecule has 0 saturated heterocycles. The van der Waals surface area contributed by atoms with Crippen LogP contribution >= 0.6 is 0 Å². The molecule has 0 bridgehead atoms. The molecule has 86 valence electrons. The van der Waals surface area contributed by atoms with Gasteiger partial charge in [0.1, 0.15) is 0 Å². The second-order valence-electron chi connectivity index (χ2n) is 2.76. The summed E-state index contributed by atoms with van der Waals surface area (Å²) in [4.78, 5) is 0. The summed E-state index contributed by atoms with van der Waals surface area (Å²) in [5.74, 6) is 0.622. The molecule has 2 N–H and O–H groups in total. The molecular formula is C10H18N2O3. The standard InChI is InChI=1S/C10H18N2O3/c1-5-14-9(7-8(3)4)10(11-12-13)15-6-2/h7H,3,5-6,12H2,1-2,4H3/b9-7+,11-10+. The molecule has 0 aliphatic carbocycles. The van der Waals surface area contributed by atoms with Crippen LogP contribution in [0.4, 0.5) is 0 Å². The molecule has 15 heavy (non-hydrogen) atoms. The fourth-order valence-electron chi connectivity index (χ4n) is 0.901. The number of hydrogen-bond donors (Lipinski definition) is 1. The first-order valence-corrected chi connectivity index (χ1v) is 4.80. The van der Waals surface area contributed by atoms with Gasteiger partial charge < -0.3 is 14.7 Å². The third-order valence-electron chi connectivity index (χ3n) is 1.34. The smallest absolute Gasteiger partial charge is 0.309 e. The topological polar surface area (TPSA) is 70.5 Å². The second kappa shape index (κ2) is 8.02. The van der Waals surface area contributed by atoms with E-state index in [4.69, 9.17) is 9.47 Å². The Kier molecular flexibility index (Phi) is 7.31. The zero-order valence-electron chi connectivity index (χ0n) is 9.45. The van der Waals surface area contributed by atoms with Gasteiger partial charge in [0.2, 0.25) is 0 Å². The van der Waals surface area contributed by atoms with Gasteiger partial charge in [-0.2, -0.15) is 0 Å². The molecule has 0 saturated carbocycles. The van der Waals surface area contributed by atoms with Gasteiger partial charge in [0, 0.05) is 0 Å². The van der Waals surface area contributed by atoms with Gasteiger partial charge in [-0.15, -0.1) is 0 Å². The van der Waals surface area contributed by atoms with Crippen molar-refractivity contribution in [2.75, 3.05) is 13.2 Å². The molecule has 5 heteroatoms. The van der Waals surface area contributed by atoms with Crippen LogP contribution in [0.1, 0.15) is 20.8 Å². The van der Waals surface area contributed by atoms with Gasteiger partial charge in [0.15, 0.2) is 5.76 Å². The van der Waals surface area contributed by atoms with E-state index in [9.17, 15) is 5.21 Å². The fourth-order valence-corrected chi connectivity index (χ4v) is 0.901. The summed E-state index contributed by atoms with van der Waals surface area (Å²) in [5.41, 5.74) is 1.23. The van der Waals surface area contributed by atoms with E-state index in [1.54, 1.807) is 6.08 Å². The Hall–Kier alpha value is -1.33. The second-order valence-corrected chi connectivity index (χ2v) is 2.76. The van der Waals surface area contributed by atoms with Gasteiger partial charge in [0.25, 0.3) is 0 Å². The van der Waals surface area contributed by atoms with Crippen LogP contribution in [-0.4, -0.2) is 19.1 Å². The van der Waals surface area contributed by atoms with Gasteiger partial charge in [-0.05, 0) is 31.9 Å². The Morgan fingerprint density at radius 2 is 2.00 bits per heavy atom. The number of hydrogen-bond acceptors (Lipinski definition) is 4. The van der Waals surface area contributed by atoms with Crippen LogP contribution in [0.15, 0.2) is 29.1 Å². The first kappa shape index (κ1) is 13.7. The highest BCUT2D eigenvalue weighted by molar-refractivity contribution is 5.91. The number of allylic oxidation sites excluding steroid dienone is 2. The maximum atomic E-state index is 10.3. The number of ether oxygens (including phenoxy) is 2. The maximum absolute atomic E-state index is 10.3. The number of rotatable bonds is 6. The normalized spacial score (nSPS) is 12.5. The van der Waals surface area contributed by atoms with Crippen LogP contribution in [-0.2, 0) is 9.47 Å². The minimum absolute atomic E-state index is 0.192. The molecule has 5 nitrogen and oxygen atoms in total. The lowest BCUT2D eigenvalue weighted by atomic mass is 10.3. The molecule has 0 radical (unpaired) electrons. The van der Waals surface area contributed by atoms with Crippen molar-refractivity contribution in [1.82, 2.24) is 0 Å². The monoisotopic (exact) mass is 214 g/mol. The van der Waals surface area contributed by atoms with Crippen molar-refractivity contribution >= 4 is 5.90 Å². The number of quaternary nitrogens is 1. The lowest BCUT2D eigenvalue weighted by Gasteiger charge is -2.10. The van der Waals surface area contributed by atoms with Crippen LogP contribution in [0.2, 0.25) is 0 Å². The van der Waals surface area contributed by atoms with E-state index in [0.717, 1.165) is 5.57 Å². The van der Waals surface area contributed by atoms with Crippen molar-refractivity contribution < 1.29 is 15.1 Å². The molecule has 0 unspecified atom stereocenters. The first-order chi connectivity index (χ1) is 7.15. The van der Waals surface area contributed by atoms with E-state index in [-0.39, 0.29) is 5.90 Å². The summed E-state index contributed by atoms with van der Waals surface area (Å²) in [6.07, 6.45) is 1.68. The van der Waals surface area contributed by atoms with Crippen LogP contribution in [0.3, 0.4) is 0 Å². The van der Waals surface area contributed by atoms with Crippen molar-refractivity contribution in [1.29, 1.82) is 0 Å². The third-order valence-corrected chi connectivity index (χ3v) is 1.34. The van der Waals surface area contributed by atoms with E-state index >= 15 is 0 Å². The summed E-state index contributed by atoms with van der Waals surface area (Å²) in [5, 5.41) is 13.9. The van der Waals surface area contributed by atoms with Gasteiger partial charge in [-0.25, -0.2) is 0 Å². The SMILES string of the molecule is C=C(C)/C=C(OCC)\C(=N/[NH2+][O-])OCC. The Morgan fingerprint density at radius 3 is 2.40 bits per heavy atom. The molecule has 0 spiro atoms. The lowest BCUT2D eigenvalue weighted by Crippen LogP contribution is -2.71. The molecule has 0 rings (SSSR count). The van der Waals surface area contributed by atoms with E-state index < -0.39 is 0 Å². The fraction of sp³-hybridized carbons (Fsp3) is 0.500. The molecule has 0 heterocycles. The summed E-state index contributed by atoms with van der Waals surface area (Å²) in [6, 6.07) is 0. The molecule has 0 atom stereocenters.